The molecule has 0 saturated carbocycles. The smallest absolute Gasteiger partial charge is 0.337 e. The topological polar surface area (TPSA) is 30.7 Å². The van der Waals surface area contributed by atoms with Crippen molar-refractivity contribution in [3.63, 3.8) is 0 Å². The predicted molar refractivity (Wildman–Crippen MR) is 57.9 cm³/mol. The van der Waals surface area contributed by atoms with Crippen molar-refractivity contribution >= 4 is 11.7 Å². The SMILES string of the molecule is [C-]#[N+]c1cccc(C(=O)OC(C)(C)C)c1. The first-order valence-electron chi connectivity index (χ1n) is 4.63. The lowest BCUT2D eigenvalue weighted by Gasteiger charge is -2.19. The Bertz CT molecular complexity index is 410. The van der Waals surface area contributed by atoms with Gasteiger partial charge in [0, 0.05) is 5.56 Å². The molecule has 0 saturated heterocycles. The lowest BCUT2D eigenvalue weighted by molar-refractivity contribution is 0.00696. The molecule has 1 aromatic carbocycles. The Morgan fingerprint density at radius 1 is 1.40 bits per heavy atom. The van der Waals surface area contributed by atoms with Gasteiger partial charge in [-0.1, -0.05) is 18.2 Å². The van der Waals surface area contributed by atoms with Gasteiger partial charge < -0.3 is 4.74 Å². The fourth-order valence-corrected chi connectivity index (χ4v) is 1.04. The largest absolute Gasteiger partial charge is 0.456 e. The Morgan fingerprint density at radius 2 is 2.07 bits per heavy atom. The van der Waals surface area contributed by atoms with Crippen LogP contribution in [0, 0.1) is 6.57 Å². The summed E-state index contributed by atoms with van der Waals surface area (Å²) in [5, 5.41) is 0. The van der Waals surface area contributed by atoms with E-state index in [2.05, 4.69) is 4.85 Å². The first-order valence-corrected chi connectivity index (χ1v) is 4.63. The number of hydrogen-bond acceptors (Lipinski definition) is 2. The number of carbonyl (C=O) groups is 1. The predicted octanol–water partition coefficient (Wildman–Crippen LogP) is 3.19. The Morgan fingerprint density at radius 3 is 2.60 bits per heavy atom. The number of ether oxygens (including phenoxy) is 1. The maximum absolute atomic E-state index is 11.6. The quantitative estimate of drug-likeness (QED) is 0.518. The van der Waals surface area contributed by atoms with E-state index in [-0.39, 0.29) is 0 Å². The summed E-state index contributed by atoms with van der Waals surface area (Å²) in [5.74, 6) is -0.395. The van der Waals surface area contributed by atoms with E-state index in [0.29, 0.717) is 11.3 Å². The highest BCUT2D eigenvalue weighted by molar-refractivity contribution is 5.90. The third-order valence-electron chi connectivity index (χ3n) is 1.61. The maximum Gasteiger partial charge on any atom is 0.337 e. The van der Waals surface area contributed by atoms with Gasteiger partial charge in [-0.2, -0.15) is 0 Å². The molecule has 0 amide bonds. The molecule has 3 heteroatoms. The standard InChI is InChI=1S/C12H13NO2/c1-12(2,3)15-11(14)9-6-5-7-10(8-9)13-4/h5-8H,1-3H3. The first-order chi connectivity index (χ1) is 6.92. The fraction of sp³-hybridized carbons (Fsp3) is 0.333. The van der Waals surface area contributed by atoms with Crippen molar-refractivity contribution in [2.45, 2.75) is 26.4 Å². The fourth-order valence-electron chi connectivity index (χ4n) is 1.04. The summed E-state index contributed by atoms with van der Waals surface area (Å²) in [6.07, 6.45) is 0. The number of hydrogen-bond donors (Lipinski definition) is 0. The van der Waals surface area contributed by atoms with Crippen molar-refractivity contribution in [2.75, 3.05) is 0 Å². The Balaban J connectivity index is 2.88. The van der Waals surface area contributed by atoms with Crippen molar-refractivity contribution in [3.8, 4) is 0 Å². The minimum atomic E-state index is -0.509. The van der Waals surface area contributed by atoms with E-state index < -0.39 is 11.6 Å². The van der Waals surface area contributed by atoms with Crippen molar-refractivity contribution < 1.29 is 9.53 Å². The van der Waals surface area contributed by atoms with Gasteiger partial charge in [-0.3, -0.25) is 0 Å². The number of rotatable bonds is 1. The van der Waals surface area contributed by atoms with Gasteiger partial charge in [-0.15, -0.1) is 0 Å². The molecule has 0 aliphatic carbocycles. The summed E-state index contributed by atoms with van der Waals surface area (Å²) in [7, 11) is 0. The van der Waals surface area contributed by atoms with Crippen molar-refractivity contribution in [1.82, 2.24) is 0 Å². The third kappa shape index (κ3) is 3.43. The summed E-state index contributed by atoms with van der Waals surface area (Å²) in [5.41, 5.74) is 0.349. The number of carbonyl (C=O) groups excluding carboxylic acids is 1. The zero-order valence-corrected chi connectivity index (χ0v) is 9.07. The molecule has 0 aliphatic rings. The van der Waals surface area contributed by atoms with Crippen molar-refractivity contribution in [1.29, 1.82) is 0 Å². The van der Waals surface area contributed by atoms with Crippen LogP contribution in [0.4, 0.5) is 5.69 Å². The van der Waals surface area contributed by atoms with Gasteiger partial charge in [0.2, 0.25) is 0 Å². The van der Waals surface area contributed by atoms with Crippen LogP contribution in [-0.2, 0) is 4.74 Å². The normalized spacial score (nSPS) is 10.5. The van der Waals surface area contributed by atoms with Gasteiger partial charge in [-0.05, 0) is 26.8 Å². The van der Waals surface area contributed by atoms with Crippen LogP contribution in [0.3, 0.4) is 0 Å². The summed E-state index contributed by atoms with van der Waals surface area (Å²) in [6, 6.07) is 6.50. The summed E-state index contributed by atoms with van der Waals surface area (Å²) in [6.45, 7) is 12.3. The zero-order valence-electron chi connectivity index (χ0n) is 9.07. The molecule has 0 N–H and O–H groups in total. The number of benzene rings is 1. The molecule has 3 nitrogen and oxygen atoms in total. The molecule has 0 unspecified atom stereocenters. The van der Waals surface area contributed by atoms with E-state index in [0.717, 1.165) is 0 Å². The highest BCUT2D eigenvalue weighted by Gasteiger charge is 2.17. The highest BCUT2D eigenvalue weighted by Crippen LogP contribution is 2.17. The van der Waals surface area contributed by atoms with Crippen molar-refractivity contribution in [2.24, 2.45) is 0 Å². The minimum absolute atomic E-state index is 0.395. The molecule has 0 radical (unpaired) electrons. The molecule has 78 valence electrons. The lowest BCUT2D eigenvalue weighted by atomic mass is 10.1. The minimum Gasteiger partial charge on any atom is -0.456 e. The molecule has 0 bridgehead atoms. The average Bonchev–Trinajstić information content (AvgIpc) is 2.15. The average molecular weight is 203 g/mol. The molecule has 0 fully saturated rings. The monoisotopic (exact) mass is 203 g/mol. The molecule has 1 aromatic rings. The highest BCUT2D eigenvalue weighted by atomic mass is 16.6. The van der Waals surface area contributed by atoms with E-state index in [1.165, 1.54) is 6.07 Å². The van der Waals surface area contributed by atoms with Gasteiger partial charge >= 0.3 is 5.97 Å². The van der Waals surface area contributed by atoms with Crippen molar-refractivity contribution in [3.05, 3.63) is 41.2 Å². The van der Waals surface area contributed by atoms with Crippen LogP contribution in [-0.4, -0.2) is 11.6 Å². The number of esters is 1. The van der Waals surface area contributed by atoms with Gasteiger partial charge in [-0.25, -0.2) is 9.64 Å². The molecule has 1 rings (SSSR count). The summed E-state index contributed by atoms with van der Waals surface area (Å²) >= 11 is 0. The molecule has 0 aromatic heterocycles. The molecule has 0 atom stereocenters. The summed E-state index contributed by atoms with van der Waals surface area (Å²) in [4.78, 5) is 14.9. The Labute approximate surface area is 89.5 Å². The van der Waals surface area contributed by atoms with E-state index in [4.69, 9.17) is 11.3 Å². The summed E-state index contributed by atoms with van der Waals surface area (Å²) < 4.78 is 5.18. The zero-order chi connectivity index (χ0) is 11.5. The van der Waals surface area contributed by atoms with Crippen LogP contribution < -0.4 is 0 Å². The molecule has 0 heterocycles. The van der Waals surface area contributed by atoms with Crippen LogP contribution in [0.5, 0.6) is 0 Å². The second kappa shape index (κ2) is 4.14. The molecular weight excluding hydrogens is 190 g/mol. The third-order valence-corrected chi connectivity index (χ3v) is 1.61. The van der Waals surface area contributed by atoms with Crippen LogP contribution in [0.1, 0.15) is 31.1 Å². The van der Waals surface area contributed by atoms with Crippen LogP contribution in [0.2, 0.25) is 0 Å². The van der Waals surface area contributed by atoms with Gasteiger partial charge in [0.05, 0.1) is 6.57 Å². The molecular formula is C12H13NO2. The van der Waals surface area contributed by atoms with Gasteiger partial charge in [0.25, 0.3) is 0 Å². The second-order valence-electron chi connectivity index (χ2n) is 4.16. The van der Waals surface area contributed by atoms with E-state index in [9.17, 15) is 4.79 Å². The Hall–Kier alpha value is -1.82. The van der Waals surface area contributed by atoms with Crippen LogP contribution in [0.15, 0.2) is 24.3 Å². The molecule has 15 heavy (non-hydrogen) atoms. The lowest BCUT2D eigenvalue weighted by Crippen LogP contribution is -2.23. The number of nitrogens with zero attached hydrogens (tertiary/aromatic N) is 1. The molecule has 0 aliphatic heterocycles. The Kier molecular flexibility index (Phi) is 3.11. The van der Waals surface area contributed by atoms with Gasteiger partial charge in [0.15, 0.2) is 5.69 Å². The van der Waals surface area contributed by atoms with Gasteiger partial charge in [0.1, 0.15) is 5.60 Å². The second-order valence-corrected chi connectivity index (χ2v) is 4.16. The van der Waals surface area contributed by atoms with E-state index >= 15 is 0 Å². The molecule has 0 spiro atoms. The van der Waals surface area contributed by atoms with E-state index in [1.807, 2.05) is 20.8 Å². The van der Waals surface area contributed by atoms with Crippen LogP contribution >= 0.6 is 0 Å². The van der Waals surface area contributed by atoms with E-state index in [1.54, 1.807) is 18.2 Å². The maximum atomic E-state index is 11.6. The van der Waals surface area contributed by atoms with Crippen LogP contribution in [0.25, 0.3) is 4.85 Å². The first kappa shape index (κ1) is 11.3.